The molecule has 0 bridgehead atoms. The van der Waals surface area contributed by atoms with E-state index in [-0.39, 0.29) is 17.9 Å². The summed E-state index contributed by atoms with van der Waals surface area (Å²) in [6.07, 6.45) is 1.66. The zero-order chi connectivity index (χ0) is 25.4. The van der Waals surface area contributed by atoms with Crippen molar-refractivity contribution in [3.63, 3.8) is 0 Å². The number of nitrogens with zero attached hydrogens (tertiary/aromatic N) is 3. The predicted molar refractivity (Wildman–Crippen MR) is 138 cm³/mol. The summed E-state index contributed by atoms with van der Waals surface area (Å²) >= 11 is 0. The summed E-state index contributed by atoms with van der Waals surface area (Å²) in [4.78, 5) is 30.2. The zero-order valence-electron chi connectivity index (χ0n) is 20.6. The lowest BCUT2D eigenvalue weighted by atomic mass is 10.1. The molecule has 1 aliphatic heterocycles. The second-order valence-corrected chi connectivity index (χ2v) is 9.02. The summed E-state index contributed by atoms with van der Waals surface area (Å²) < 4.78 is 13.2. The Labute approximate surface area is 208 Å². The highest BCUT2D eigenvalue weighted by molar-refractivity contribution is 6.14. The number of fused-ring (bicyclic) bond motifs is 2. The van der Waals surface area contributed by atoms with Crippen LogP contribution in [0.4, 0.5) is 11.4 Å². The van der Waals surface area contributed by atoms with Crippen molar-refractivity contribution in [1.82, 2.24) is 14.8 Å². The molecule has 184 valence electrons. The highest BCUT2D eigenvalue weighted by Crippen LogP contribution is 2.35. The van der Waals surface area contributed by atoms with Gasteiger partial charge in [-0.2, -0.15) is 5.10 Å². The molecule has 3 heterocycles. The van der Waals surface area contributed by atoms with Crippen molar-refractivity contribution in [3.8, 4) is 22.8 Å². The van der Waals surface area contributed by atoms with Crippen LogP contribution in [-0.2, 0) is 4.79 Å². The maximum atomic E-state index is 13.6. The fraction of sp³-hybridized carbons (Fsp3) is 0.259. The van der Waals surface area contributed by atoms with E-state index in [4.69, 9.17) is 14.5 Å². The molecule has 0 aliphatic carbocycles. The SMILES string of the molecule is CC(=O)Nc1ccc(C)cc1NC(=O)c1cc(-c2ccc3c(c2)OCCO3)nc2c1cnn2C(C)C. The molecule has 0 fully saturated rings. The van der Waals surface area contributed by atoms with Gasteiger partial charge in [0.1, 0.15) is 13.2 Å². The molecule has 0 saturated heterocycles. The van der Waals surface area contributed by atoms with Crippen molar-refractivity contribution < 1.29 is 19.1 Å². The smallest absolute Gasteiger partial charge is 0.256 e. The summed E-state index contributed by atoms with van der Waals surface area (Å²) in [5.74, 6) is 0.770. The minimum absolute atomic E-state index is 0.0459. The van der Waals surface area contributed by atoms with E-state index in [0.717, 1.165) is 11.1 Å². The number of aromatic nitrogens is 3. The minimum Gasteiger partial charge on any atom is -0.486 e. The first-order valence-corrected chi connectivity index (χ1v) is 11.8. The van der Waals surface area contributed by atoms with E-state index in [1.54, 1.807) is 23.0 Å². The molecule has 9 nitrogen and oxygen atoms in total. The van der Waals surface area contributed by atoms with Crippen LogP contribution in [0.2, 0.25) is 0 Å². The molecule has 0 radical (unpaired) electrons. The van der Waals surface area contributed by atoms with E-state index >= 15 is 0 Å². The van der Waals surface area contributed by atoms with Gasteiger partial charge in [-0.05, 0) is 62.7 Å². The number of ether oxygens (including phenoxy) is 2. The van der Waals surface area contributed by atoms with Gasteiger partial charge in [-0.3, -0.25) is 9.59 Å². The number of nitrogens with one attached hydrogen (secondary N) is 2. The Bertz CT molecular complexity index is 1490. The molecule has 0 atom stereocenters. The molecule has 0 spiro atoms. The first-order chi connectivity index (χ1) is 17.3. The number of pyridine rings is 1. The Hall–Kier alpha value is -4.40. The van der Waals surface area contributed by atoms with Crippen LogP contribution >= 0.6 is 0 Å². The lowest BCUT2D eigenvalue weighted by Gasteiger charge is -2.19. The molecule has 4 aromatic rings. The second kappa shape index (κ2) is 9.33. The summed E-state index contributed by atoms with van der Waals surface area (Å²) in [5.41, 5.74) is 4.42. The number of benzene rings is 2. The van der Waals surface area contributed by atoms with E-state index < -0.39 is 0 Å². The van der Waals surface area contributed by atoms with E-state index in [1.165, 1.54) is 6.92 Å². The number of carbonyl (C=O) groups is 2. The zero-order valence-corrected chi connectivity index (χ0v) is 20.6. The Balaban J connectivity index is 1.61. The van der Waals surface area contributed by atoms with Crippen LogP contribution in [-0.4, -0.2) is 39.8 Å². The molecule has 1 aliphatic rings. The average Bonchev–Trinajstić information content (AvgIpc) is 3.29. The standard InChI is InChI=1S/C27H27N5O4/c1-15(2)32-26-20(14-28-32)19(27(34)31-23-11-16(3)5-7-21(23)29-17(4)33)13-22(30-26)18-6-8-24-25(12-18)36-10-9-35-24/h5-8,11-15H,9-10H2,1-4H3,(H,29,33)(H,31,34). The molecular weight excluding hydrogens is 458 g/mol. The average molecular weight is 486 g/mol. The van der Waals surface area contributed by atoms with Crippen LogP contribution < -0.4 is 20.1 Å². The highest BCUT2D eigenvalue weighted by atomic mass is 16.6. The van der Waals surface area contributed by atoms with Crippen LogP contribution in [0.15, 0.2) is 48.7 Å². The number of amides is 2. The molecule has 2 aromatic carbocycles. The lowest BCUT2D eigenvalue weighted by Crippen LogP contribution is -2.16. The van der Waals surface area contributed by atoms with Gasteiger partial charge in [-0.1, -0.05) is 6.07 Å². The maximum absolute atomic E-state index is 13.6. The number of hydrogen-bond acceptors (Lipinski definition) is 6. The quantitative estimate of drug-likeness (QED) is 0.413. The van der Waals surface area contributed by atoms with Gasteiger partial charge in [-0.25, -0.2) is 9.67 Å². The third kappa shape index (κ3) is 4.47. The predicted octanol–water partition coefficient (Wildman–Crippen LogP) is 4.97. The van der Waals surface area contributed by atoms with E-state index in [1.807, 2.05) is 51.1 Å². The van der Waals surface area contributed by atoms with Crippen LogP contribution in [0.3, 0.4) is 0 Å². The lowest BCUT2D eigenvalue weighted by molar-refractivity contribution is -0.114. The molecule has 0 saturated carbocycles. The molecular formula is C27H27N5O4. The van der Waals surface area contributed by atoms with Crippen molar-refractivity contribution in [3.05, 3.63) is 59.8 Å². The first kappa shape index (κ1) is 23.3. The number of carbonyl (C=O) groups excluding carboxylic acids is 2. The van der Waals surface area contributed by atoms with E-state index in [2.05, 4.69) is 15.7 Å². The maximum Gasteiger partial charge on any atom is 0.256 e. The molecule has 36 heavy (non-hydrogen) atoms. The monoisotopic (exact) mass is 485 g/mol. The summed E-state index contributed by atoms with van der Waals surface area (Å²) in [5, 5.41) is 10.9. The fourth-order valence-electron chi connectivity index (χ4n) is 4.18. The number of rotatable bonds is 5. The number of aryl methyl sites for hydroxylation is 1. The van der Waals surface area contributed by atoms with E-state index in [0.29, 0.717) is 58.4 Å². The largest absolute Gasteiger partial charge is 0.486 e. The van der Waals surface area contributed by atoms with Crippen LogP contribution in [0.1, 0.15) is 42.7 Å². The number of anilines is 2. The van der Waals surface area contributed by atoms with Crippen LogP contribution in [0, 0.1) is 6.92 Å². The van der Waals surface area contributed by atoms with Crippen molar-refractivity contribution in [1.29, 1.82) is 0 Å². The van der Waals surface area contributed by atoms with Gasteiger partial charge >= 0.3 is 0 Å². The summed E-state index contributed by atoms with van der Waals surface area (Å²) in [6, 6.07) is 12.9. The van der Waals surface area contributed by atoms with Gasteiger partial charge in [-0.15, -0.1) is 0 Å². The topological polar surface area (TPSA) is 107 Å². The number of hydrogen-bond donors (Lipinski definition) is 2. The normalized spacial score (nSPS) is 12.6. The highest BCUT2D eigenvalue weighted by Gasteiger charge is 2.21. The minimum atomic E-state index is -0.332. The molecule has 5 rings (SSSR count). The first-order valence-electron chi connectivity index (χ1n) is 11.8. The molecule has 9 heteroatoms. The molecule has 2 N–H and O–H groups in total. The summed E-state index contributed by atoms with van der Waals surface area (Å²) in [6.45, 7) is 8.36. The Kier molecular flexibility index (Phi) is 6.05. The molecule has 2 amide bonds. The Morgan fingerprint density at radius 2 is 1.75 bits per heavy atom. The van der Waals surface area contributed by atoms with Crippen molar-refractivity contribution in [2.75, 3.05) is 23.8 Å². The van der Waals surface area contributed by atoms with Gasteiger partial charge in [0.2, 0.25) is 5.91 Å². The van der Waals surface area contributed by atoms with Gasteiger partial charge in [0.05, 0.1) is 34.2 Å². The van der Waals surface area contributed by atoms with Crippen molar-refractivity contribution in [2.24, 2.45) is 0 Å². The van der Waals surface area contributed by atoms with Crippen molar-refractivity contribution >= 4 is 34.2 Å². The van der Waals surface area contributed by atoms with Crippen LogP contribution in [0.25, 0.3) is 22.3 Å². The third-order valence-electron chi connectivity index (χ3n) is 5.87. The van der Waals surface area contributed by atoms with Gasteiger partial charge in [0.15, 0.2) is 17.1 Å². The van der Waals surface area contributed by atoms with Crippen LogP contribution in [0.5, 0.6) is 11.5 Å². The Morgan fingerprint density at radius 3 is 2.50 bits per heavy atom. The van der Waals surface area contributed by atoms with Crippen molar-refractivity contribution in [2.45, 2.75) is 33.7 Å². The van der Waals surface area contributed by atoms with Gasteiger partial charge < -0.3 is 20.1 Å². The summed E-state index contributed by atoms with van der Waals surface area (Å²) in [7, 11) is 0. The van der Waals surface area contributed by atoms with E-state index in [9.17, 15) is 9.59 Å². The fourth-order valence-corrected chi connectivity index (χ4v) is 4.18. The van der Waals surface area contributed by atoms with Gasteiger partial charge in [0, 0.05) is 18.5 Å². The molecule has 2 aromatic heterocycles. The Morgan fingerprint density at radius 1 is 0.972 bits per heavy atom. The van der Waals surface area contributed by atoms with Gasteiger partial charge in [0.25, 0.3) is 5.91 Å². The third-order valence-corrected chi connectivity index (χ3v) is 5.87. The second-order valence-electron chi connectivity index (χ2n) is 9.02. The molecule has 0 unspecified atom stereocenters.